The molecule has 0 bridgehead atoms. The summed E-state index contributed by atoms with van der Waals surface area (Å²) in [4.78, 5) is 31.2. The summed E-state index contributed by atoms with van der Waals surface area (Å²) >= 11 is 7.92. The molecule has 1 aromatic carbocycles. The lowest BCUT2D eigenvalue weighted by atomic mass is 9.73. The molecule has 1 aliphatic heterocycles. The van der Waals surface area contributed by atoms with E-state index in [1.54, 1.807) is 25.2 Å². The van der Waals surface area contributed by atoms with Crippen LogP contribution in [-0.4, -0.2) is 86.7 Å². The molecule has 0 saturated carbocycles. The zero-order valence-corrected chi connectivity index (χ0v) is 36.4. The van der Waals surface area contributed by atoms with Gasteiger partial charge in [0.15, 0.2) is 5.82 Å². The summed E-state index contributed by atoms with van der Waals surface area (Å²) in [5.74, 6) is 0.914. The van der Waals surface area contributed by atoms with Gasteiger partial charge in [-0.25, -0.2) is 0 Å². The van der Waals surface area contributed by atoms with Gasteiger partial charge in [-0.2, -0.15) is 0 Å². The highest BCUT2D eigenvalue weighted by Gasteiger charge is 2.40. The normalized spacial score (nSPS) is 15.9. The van der Waals surface area contributed by atoms with E-state index in [0.717, 1.165) is 39.5 Å². The van der Waals surface area contributed by atoms with Crippen molar-refractivity contribution in [3.05, 3.63) is 62.5 Å². The molecular formula is C43H65ClN4O7S. The van der Waals surface area contributed by atoms with Gasteiger partial charge in [0.1, 0.15) is 35.4 Å². The van der Waals surface area contributed by atoms with E-state index in [0.29, 0.717) is 56.4 Å². The van der Waals surface area contributed by atoms with Crippen LogP contribution in [0.25, 0.3) is 5.00 Å². The molecule has 0 saturated heterocycles. The van der Waals surface area contributed by atoms with Crippen LogP contribution < -0.4 is 0 Å². The fourth-order valence-electron chi connectivity index (χ4n) is 7.52. The average molecular weight is 818 g/mol. The molecule has 1 aliphatic rings. The van der Waals surface area contributed by atoms with Gasteiger partial charge in [0.25, 0.3) is 0 Å². The second kappa shape index (κ2) is 18.7. The number of hydrogen-bond donors (Lipinski definition) is 1. The average Bonchev–Trinajstić information content (AvgIpc) is 3.51. The molecule has 11 nitrogen and oxygen atoms in total. The topological polar surface area (TPSA) is 134 Å². The third kappa shape index (κ3) is 13.0. The minimum absolute atomic E-state index is 0. The molecule has 3 aromatic rings. The number of nitrogens with zero attached hydrogens (tertiary/aromatic N) is 4. The fraction of sp³-hybridized carbons (Fsp3) is 0.651. The number of aldehydes is 1. The second-order valence-electron chi connectivity index (χ2n) is 17.7. The van der Waals surface area contributed by atoms with Gasteiger partial charge in [0, 0.05) is 27.4 Å². The SMILES string of the molecule is C.Cc1sc2c(c1C)C(c1ccc(Cl)cc1)=NC(CC(=O)OC(C)(C)CCOC(C)(C)CC(C)(COCC=O)CC(C)(C)OCCC(C)(C)O)c1nnc(C)n1-2. The Bertz CT molecular complexity index is 1820. The number of carbonyl (C=O) groups excluding carboxylic acids is 2. The van der Waals surface area contributed by atoms with E-state index in [9.17, 15) is 14.7 Å². The van der Waals surface area contributed by atoms with E-state index in [1.807, 2.05) is 77.3 Å². The van der Waals surface area contributed by atoms with Crippen LogP contribution in [0.15, 0.2) is 29.3 Å². The van der Waals surface area contributed by atoms with Crippen LogP contribution in [-0.2, 0) is 28.5 Å². The molecule has 4 rings (SSSR count). The Balaban J connectivity index is 0.00000841. The van der Waals surface area contributed by atoms with Gasteiger partial charge < -0.3 is 28.8 Å². The Kier molecular flexibility index (Phi) is 15.8. The first kappa shape index (κ1) is 47.4. The third-order valence-electron chi connectivity index (χ3n) is 9.85. The number of thiophene rings is 1. The molecule has 13 heteroatoms. The van der Waals surface area contributed by atoms with Gasteiger partial charge in [-0.15, -0.1) is 21.5 Å². The summed E-state index contributed by atoms with van der Waals surface area (Å²) in [6.07, 6.45) is 2.97. The Labute approximate surface area is 343 Å². The van der Waals surface area contributed by atoms with Crippen molar-refractivity contribution in [3.8, 4) is 5.00 Å². The van der Waals surface area contributed by atoms with Crippen LogP contribution in [0.3, 0.4) is 0 Å². The Morgan fingerprint density at radius 2 is 1.50 bits per heavy atom. The van der Waals surface area contributed by atoms with Gasteiger partial charge in [0.05, 0.1) is 48.8 Å². The number of ether oxygens (including phenoxy) is 4. The number of aromatic nitrogens is 3. The van der Waals surface area contributed by atoms with E-state index in [4.69, 9.17) is 35.5 Å². The number of benzene rings is 1. The maximum atomic E-state index is 13.7. The van der Waals surface area contributed by atoms with Gasteiger partial charge in [-0.05, 0) is 119 Å². The lowest BCUT2D eigenvalue weighted by molar-refractivity contribution is -0.160. The molecule has 0 radical (unpaired) electrons. The molecular weight excluding hydrogens is 752 g/mol. The van der Waals surface area contributed by atoms with E-state index >= 15 is 0 Å². The third-order valence-corrected chi connectivity index (χ3v) is 11.3. The van der Waals surface area contributed by atoms with Crippen molar-refractivity contribution >= 4 is 40.9 Å². The first-order valence-corrected chi connectivity index (χ1v) is 20.2. The standard InChI is InChI=1S/C42H61ClN4O7S.CH4/c1-27-28(2)55-37-34(27)35(30-13-15-31(43)16-14-30)44-32(36-46-45-29(3)47(36)37)23-33(49)54-39(6,7)18-21-53-41(10,11)25-42(12,26-51-22-19-48)24-40(8,9)52-20-17-38(4,5)50;/h13-16,19,32,50H,17-18,20-26H2,1-12H3;1H4. The minimum atomic E-state index is -0.830. The number of esters is 1. The van der Waals surface area contributed by atoms with E-state index in [1.165, 1.54) is 4.88 Å². The van der Waals surface area contributed by atoms with Crippen LogP contribution in [0.1, 0.15) is 141 Å². The smallest absolute Gasteiger partial charge is 0.308 e. The fourth-order valence-corrected chi connectivity index (χ4v) is 8.86. The maximum Gasteiger partial charge on any atom is 0.308 e. The second-order valence-corrected chi connectivity index (χ2v) is 19.4. The van der Waals surface area contributed by atoms with Crippen molar-refractivity contribution in [2.24, 2.45) is 10.4 Å². The van der Waals surface area contributed by atoms with E-state index < -0.39 is 39.8 Å². The Morgan fingerprint density at radius 1 is 0.911 bits per heavy atom. The number of halogens is 1. The number of hydrogen-bond acceptors (Lipinski definition) is 11. The first-order valence-electron chi connectivity index (χ1n) is 19.0. The molecule has 0 fully saturated rings. The van der Waals surface area contributed by atoms with Gasteiger partial charge in [0.2, 0.25) is 0 Å². The maximum absolute atomic E-state index is 13.7. The summed E-state index contributed by atoms with van der Waals surface area (Å²) in [5.41, 5.74) is 0.665. The molecule has 0 aliphatic carbocycles. The van der Waals surface area contributed by atoms with Crippen molar-refractivity contribution in [2.45, 2.75) is 151 Å². The van der Waals surface area contributed by atoms with Crippen LogP contribution in [0.5, 0.6) is 0 Å². The largest absolute Gasteiger partial charge is 0.459 e. The predicted molar refractivity (Wildman–Crippen MR) is 225 cm³/mol. The molecule has 2 aromatic heterocycles. The van der Waals surface area contributed by atoms with E-state index in [-0.39, 0.29) is 20.5 Å². The molecule has 0 amide bonds. The molecule has 2 atom stereocenters. The molecule has 1 N–H and O–H groups in total. The summed E-state index contributed by atoms with van der Waals surface area (Å²) in [6, 6.07) is 6.96. The highest BCUT2D eigenvalue weighted by molar-refractivity contribution is 7.15. The zero-order valence-electron chi connectivity index (χ0n) is 34.8. The van der Waals surface area contributed by atoms with Crippen LogP contribution in [0.2, 0.25) is 5.02 Å². The summed E-state index contributed by atoms with van der Waals surface area (Å²) in [5, 5.41) is 20.7. The van der Waals surface area contributed by atoms with Crippen molar-refractivity contribution in [1.29, 1.82) is 0 Å². The summed E-state index contributed by atoms with van der Waals surface area (Å²) < 4.78 is 26.6. The molecule has 3 heterocycles. The Morgan fingerprint density at radius 3 is 2.07 bits per heavy atom. The zero-order chi connectivity index (χ0) is 41.0. The first-order chi connectivity index (χ1) is 25.4. The number of fused-ring (bicyclic) bond motifs is 3. The van der Waals surface area contributed by atoms with Crippen molar-refractivity contribution < 1.29 is 33.6 Å². The van der Waals surface area contributed by atoms with Gasteiger partial charge in [-0.1, -0.05) is 38.1 Å². The summed E-state index contributed by atoms with van der Waals surface area (Å²) in [6.45, 7) is 24.8. The van der Waals surface area contributed by atoms with Crippen LogP contribution in [0, 0.1) is 26.2 Å². The minimum Gasteiger partial charge on any atom is -0.459 e. The van der Waals surface area contributed by atoms with Crippen molar-refractivity contribution in [3.63, 3.8) is 0 Å². The molecule has 2 unspecified atom stereocenters. The van der Waals surface area contributed by atoms with Gasteiger partial charge >= 0.3 is 5.97 Å². The molecule has 312 valence electrons. The van der Waals surface area contributed by atoms with Crippen molar-refractivity contribution in [1.82, 2.24) is 14.8 Å². The quantitative estimate of drug-likeness (QED) is 0.0673. The summed E-state index contributed by atoms with van der Waals surface area (Å²) in [7, 11) is 0. The van der Waals surface area contributed by atoms with Gasteiger partial charge in [-0.3, -0.25) is 14.4 Å². The Hall–Kier alpha value is -3.00. The van der Waals surface area contributed by atoms with Crippen molar-refractivity contribution in [2.75, 3.05) is 26.4 Å². The number of carbonyl (C=O) groups is 2. The predicted octanol–water partition coefficient (Wildman–Crippen LogP) is 9.29. The molecule has 0 spiro atoms. The van der Waals surface area contributed by atoms with Crippen LogP contribution in [0.4, 0.5) is 0 Å². The van der Waals surface area contributed by atoms with E-state index in [2.05, 4.69) is 31.0 Å². The molecule has 56 heavy (non-hydrogen) atoms. The number of rotatable bonds is 20. The highest BCUT2D eigenvalue weighted by Crippen LogP contribution is 2.41. The lowest BCUT2D eigenvalue weighted by Crippen LogP contribution is -2.42. The van der Waals surface area contributed by atoms with Crippen LogP contribution >= 0.6 is 22.9 Å². The highest BCUT2D eigenvalue weighted by atomic mass is 35.5. The lowest BCUT2D eigenvalue weighted by Gasteiger charge is -2.42. The number of aliphatic imine (C=N–C) groups is 1. The number of aryl methyl sites for hydroxylation is 2. The number of aliphatic hydroxyl groups is 1. The monoisotopic (exact) mass is 816 g/mol.